The first-order valence-electron chi connectivity index (χ1n) is 6.89. The third-order valence-corrected chi connectivity index (χ3v) is 4.13. The van der Waals surface area contributed by atoms with Crippen LogP contribution in [0.5, 0.6) is 0 Å². The molecule has 0 heterocycles. The molecule has 0 bridgehead atoms. The van der Waals surface area contributed by atoms with Crippen molar-refractivity contribution in [3.63, 3.8) is 0 Å². The molecule has 0 saturated carbocycles. The van der Waals surface area contributed by atoms with Crippen molar-refractivity contribution < 1.29 is 13.6 Å². The van der Waals surface area contributed by atoms with Gasteiger partial charge in [-0.15, -0.1) is 0 Å². The largest absolute Gasteiger partial charge is 0.392 e. The SMILES string of the molecule is CCC(CC)(C(=O)NCCc1cc(F)cc(F)c1)C(N)=S. The third kappa shape index (κ3) is 4.20. The average molecular weight is 314 g/mol. The van der Waals surface area contributed by atoms with Crippen molar-refractivity contribution in [2.24, 2.45) is 11.1 Å². The smallest absolute Gasteiger partial charge is 0.233 e. The predicted molar refractivity (Wildman–Crippen MR) is 82.9 cm³/mol. The maximum absolute atomic E-state index is 13.1. The summed E-state index contributed by atoms with van der Waals surface area (Å²) in [5.41, 5.74) is 5.32. The first kappa shape index (κ1) is 17.5. The molecule has 3 N–H and O–H groups in total. The summed E-state index contributed by atoms with van der Waals surface area (Å²) in [6.07, 6.45) is 1.36. The molecule has 0 fully saturated rings. The number of thiocarbonyl (C=S) groups is 1. The Morgan fingerprint density at radius 1 is 1.24 bits per heavy atom. The lowest BCUT2D eigenvalue weighted by molar-refractivity contribution is -0.127. The maximum Gasteiger partial charge on any atom is 0.233 e. The number of carbonyl (C=O) groups excluding carboxylic acids is 1. The Bertz CT molecular complexity index is 510. The second-order valence-corrected chi connectivity index (χ2v) is 5.38. The Kier molecular flexibility index (Phi) is 6.20. The van der Waals surface area contributed by atoms with Gasteiger partial charge in [-0.3, -0.25) is 4.79 Å². The molecule has 0 atom stereocenters. The first-order valence-corrected chi connectivity index (χ1v) is 7.29. The minimum atomic E-state index is -0.859. The van der Waals surface area contributed by atoms with E-state index in [-0.39, 0.29) is 17.4 Å². The van der Waals surface area contributed by atoms with Crippen molar-refractivity contribution in [2.75, 3.05) is 6.54 Å². The number of halogens is 2. The molecule has 1 aromatic carbocycles. The molecule has 0 aliphatic heterocycles. The van der Waals surface area contributed by atoms with Gasteiger partial charge in [0.1, 0.15) is 11.6 Å². The van der Waals surface area contributed by atoms with Crippen LogP contribution >= 0.6 is 12.2 Å². The summed E-state index contributed by atoms with van der Waals surface area (Å²) >= 11 is 5.00. The zero-order valence-electron chi connectivity index (χ0n) is 12.2. The Balaban J connectivity index is 2.66. The number of rotatable bonds is 7. The fourth-order valence-electron chi connectivity index (χ4n) is 2.28. The monoisotopic (exact) mass is 314 g/mol. The second-order valence-electron chi connectivity index (χ2n) is 4.94. The lowest BCUT2D eigenvalue weighted by Crippen LogP contribution is -2.48. The number of hydrogen-bond donors (Lipinski definition) is 2. The molecule has 116 valence electrons. The lowest BCUT2D eigenvalue weighted by Gasteiger charge is -2.28. The van der Waals surface area contributed by atoms with E-state index in [9.17, 15) is 13.6 Å². The molecular formula is C15H20F2N2OS. The number of nitrogens with two attached hydrogens (primary N) is 1. The van der Waals surface area contributed by atoms with Gasteiger partial charge in [0.15, 0.2) is 0 Å². The van der Waals surface area contributed by atoms with Gasteiger partial charge in [0, 0.05) is 12.6 Å². The first-order chi connectivity index (χ1) is 9.85. The predicted octanol–water partition coefficient (Wildman–Crippen LogP) is 2.72. The lowest BCUT2D eigenvalue weighted by atomic mass is 9.81. The Morgan fingerprint density at radius 2 is 1.76 bits per heavy atom. The van der Waals surface area contributed by atoms with Crippen LogP contribution in [-0.2, 0) is 11.2 Å². The molecule has 0 saturated heterocycles. The summed E-state index contributed by atoms with van der Waals surface area (Å²) in [5, 5.41) is 2.74. The zero-order chi connectivity index (χ0) is 16.0. The molecule has 0 spiro atoms. The van der Waals surface area contributed by atoms with Crippen LogP contribution in [-0.4, -0.2) is 17.4 Å². The van der Waals surface area contributed by atoms with Crippen molar-refractivity contribution in [1.29, 1.82) is 0 Å². The van der Waals surface area contributed by atoms with Crippen LogP contribution in [0.2, 0.25) is 0 Å². The van der Waals surface area contributed by atoms with Crippen molar-refractivity contribution in [1.82, 2.24) is 5.32 Å². The van der Waals surface area contributed by atoms with E-state index in [1.807, 2.05) is 13.8 Å². The van der Waals surface area contributed by atoms with Crippen LogP contribution in [0, 0.1) is 17.0 Å². The molecule has 3 nitrogen and oxygen atoms in total. The summed E-state index contributed by atoms with van der Waals surface area (Å²) in [7, 11) is 0. The number of nitrogens with one attached hydrogen (secondary N) is 1. The molecule has 21 heavy (non-hydrogen) atoms. The van der Waals surface area contributed by atoms with E-state index in [1.54, 1.807) is 0 Å². The molecule has 0 aromatic heterocycles. The van der Waals surface area contributed by atoms with E-state index in [4.69, 9.17) is 18.0 Å². The number of hydrogen-bond acceptors (Lipinski definition) is 2. The van der Waals surface area contributed by atoms with E-state index >= 15 is 0 Å². The standard InChI is InChI=1S/C15H20F2N2OS/c1-3-15(4-2,13(18)21)14(20)19-6-5-10-7-11(16)9-12(17)8-10/h7-9H,3-6H2,1-2H3,(H2,18,21)(H,19,20). The highest BCUT2D eigenvalue weighted by Crippen LogP contribution is 2.27. The highest BCUT2D eigenvalue weighted by molar-refractivity contribution is 7.80. The minimum absolute atomic E-state index is 0.168. The van der Waals surface area contributed by atoms with Crippen LogP contribution in [0.15, 0.2) is 18.2 Å². The molecule has 1 amide bonds. The minimum Gasteiger partial charge on any atom is -0.392 e. The van der Waals surface area contributed by atoms with Gasteiger partial charge in [-0.05, 0) is 37.0 Å². The third-order valence-electron chi connectivity index (χ3n) is 3.73. The molecule has 0 unspecified atom stereocenters. The van der Waals surface area contributed by atoms with Gasteiger partial charge >= 0.3 is 0 Å². The average Bonchev–Trinajstić information content (AvgIpc) is 2.39. The van der Waals surface area contributed by atoms with E-state index in [0.29, 0.717) is 24.8 Å². The molecular weight excluding hydrogens is 294 g/mol. The van der Waals surface area contributed by atoms with Gasteiger partial charge in [-0.1, -0.05) is 26.1 Å². The van der Waals surface area contributed by atoms with Gasteiger partial charge in [-0.2, -0.15) is 0 Å². The van der Waals surface area contributed by atoms with Gasteiger partial charge < -0.3 is 11.1 Å². The van der Waals surface area contributed by atoms with E-state index < -0.39 is 17.0 Å². The van der Waals surface area contributed by atoms with Crippen molar-refractivity contribution in [3.8, 4) is 0 Å². The highest BCUT2D eigenvalue weighted by atomic mass is 32.1. The summed E-state index contributed by atoms with van der Waals surface area (Å²) in [6, 6.07) is 3.31. The van der Waals surface area contributed by atoms with Crippen LogP contribution in [0.1, 0.15) is 32.3 Å². The fourth-order valence-corrected chi connectivity index (χ4v) is 2.66. The zero-order valence-corrected chi connectivity index (χ0v) is 13.0. The normalized spacial score (nSPS) is 11.2. The summed E-state index contributed by atoms with van der Waals surface area (Å²) in [6.45, 7) is 3.97. The fraction of sp³-hybridized carbons (Fsp3) is 0.467. The van der Waals surface area contributed by atoms with Crippen molar-refractivity contribution in [3.05, 3.63) is 35.4 Å². The molecule has 6 heteroatoms. The maximum atomic E-state index is 13.1. The molecule has 1 rings (SSSR count). The van der Waals surface area contributed by atoms with Crippen LogP contribution in [0.4, 0.5) is 8.78 Å². The van der Waals surface area contributed by atoms with E-state index in [1.165, 1.54) is 12.1 Å². The van der Waals surface area contributed by atoms with Crippen molar-refractivity contribution >= 4 is 23.1 Å². The van der Waals surface area contributed by atoms with Crippen molar-refractivity contribution in [2.45, 2.75) is 33.1 Å². The number of carbonyl (C=O) groups is 1. The molecule has 0 radical (unpaired) electrons. The van der Waals surface area contributed by atoms with Crippen LogP contribution in [0.25, 0.3) is 0 Å². The number of benzene rings is 1. The molecule has 0 aliphatic carbocycles. The van der Waals surface area contributed by atoms with E-state index in [0.717, 1.165) is 6.07 Å². The van der Waals surface area contributed by atoms with Gasteiger partial charge in [0.2, 0.25) is 5.91 Å². The molecule has 1 aromatic rings. The van der Waals surface area contributed by atoms with Gasteiger partial charge in [0.05, 0.1) is 10.4 Å². The Morgan fingerprint density at radius 3 is 2.19 bits per heavy atom. The summed E-state index contributed by atoms with van der Waals surface area (Å²) in [5.74, 6) is -1.50. The van der Waals surface area contributed by atoms with Gasteiger partial charge in [0.25, 0.3) is 0 Å². The summed E-state index contributed by atoms with van der Waals surface area (Å²) < 4.78 is 26.1. The summed E-state index contributed by atoms with van der Waals surface area (Å²) in [4.78, 5) is 12.4. The van der Waals surface area contributed by atoms with Crippen LogP contribution < -0.4 is 11.1 Å². The highest BCUT2D eigenvalue weighted by Gasteiger charge is 2.37. The quantitative estimate of drug-likeness (QED) is 0.761. The molecule has 0 aliphatic rings. The Labute approximate surface area is 128 Å². The van der Waals surface area contributed by atoms with Crippen LogP contribution in [0.3, 0.4) is 0 Å². The number of amides is 1. The van der Waals surface area contributed by atoms with E-state index in [2.05, 4.69) is 5.32 Å². The Hall–Kier alpha value is -1.56. The van der Waals surface area contributed by atoms with Gasteiger partial charge in [-0.25, -0.2) is 8.78 Å². The topological polar surface area (TPSA) is 55.1 Å². The second kappa shape index (κ2) is 7.45.